The molecule has 0 bridgehead atoms. The number of hydrogen-bond donors (Lipinski definition) is 3. The second-order valence-electron chi connectivity index (χ2n) is 10.9. The molecule has 0 aromatic heterocycles. The summed E-state index contributed by atoms with van der Waals surface area (Å²) in [6.07, 6.45) is 22.0. The predicted molar refractivity (Wildman–Crippen MR) is 142 cm³/mol. The van der Waals surface area contributed by atoms with Crippen molar-refractivity contribution < 1.29 is 19.4 Å². The third-order valence-electron chi connectivity index (χ3n) is 8.29. The molecule has 3 N–H and O–H groups in total. The van der Waals surface area contributed by atoms with Crippen LogP contribution in [-0.2, 0) is 9.53 Å². The van der Waals surface area contributed by atoms with E-state index in [2.05, 4.69) is 17.6 Å². The second kappa shape index (κ2) is 17.8. The van der Waals surface area contributed by atoms with Gasteiger partial charge in [-0.2, -0.15) is 0 Å². The highest BCUT2D eigenvalue weighted by Crippen LogP contribution is 2.42. The fourth-order valence-electron chi connectivity index (χ4n) is 6.33. The minimum absolute atomic E-state index is 0.139. The summed E-state index contributed by atoms with van der Waals surface area (Å²) < 4.78 is 5.09. The fourth-order valence-corrected chi connectivity index (χ4v) is 6.33. The number of rotatable bonds is 19. The number of carbonyl (C=O) groups excluding carboxylic acids is 2. The van der Waals surface area contributed by atoms with Gasteiger partial charge in [-0.05, 0) is 31.1 Å². The summed E-state index contributed by atoms with van der Waals surface area (Å²) in [5.41, 5.74) is 1.69. The zero-order valence-corrected chi connectivity index (χ0v) is 22.5. The molecule has 1 saturated carbocycles. The van der Waals surface area contributed by atoms with Crippen molar-refractivity contribution in [3.05, 3.63) is 11.3 Å². The summed E-state index contributed by atoms with van der Waals surface area (Å²) >= 11 is 0. The zero-order valence-electron chi connectivity index (χ0n) is 22.5. The van der Waals surface area contributed by atoms with Crippen LogP contribution in [0.15, 0.2) is 11.3 Å². The summed E-state index contributed by atoms with van der Waals surface area (Å²) in [5.74, 6) is 0.812. The van der Waals surface area contributed by atoms with Gasteiger partial charge in [-0.3, -0.25) is 4.79 Å². The SMILES string of the molecule is CCCCCCCCCCCCCCCC1CCCC(CO)C1C1NC(=O)NC(C)=C1COC=O. The number of unbranched alkanes of at least 4 members (excludes halogenated alkanes) is 12. The van der Waals surface area contributed by atoms with E-state index in [-0.39, 0.29) is 37.1 Å². The molecule has 4 atom stereocenters. The van der Waals surface area contributed by atoms with Crippen molar-refractivity contribution in [3.63, 3.8) is 0 Å². The van der Waals surface area contributed by atoms with E-state index in [1.807, 2.05) is 6.92 Å². The number of carbonyl (C=O) groups is 2. The molecular weight excluding hydrogens is 440 g/mol. The first kappa shape index (κ1) is 29.7. The molecule has 6 heteroatoms. The van der Waals surface area contributed by atoms with E-state index in [1.165, 1.54) is 83.5 Å². The number of aliphatic hydroxyl groups excluding tert-OH is 1. The van der Waals surface area contributed by atoms with Gasteiger partial charge < -0.3 is 20.5 Å². The number of allylic oxidation sites excluding steroid dienone is 1. The molecular formula is C29H52N2O4. The first-order valence-electron chi connectivity index (χ1n) is 14.6. The molecule has 35 heavy (non-hydrogen) atoms. The van der Waals surface area contributed by atoms with Crippen molar-refractivity contribution in [1.82, 2.24) is 10.6 Å². The van der Waals surface area contributed by atoms with Gasteiger partial charge in [0.15, 0.2) is 0 Å². The highest BCUT2D eigenvalue weighted by molar-refractivity contribution is 5.78. The topological polar surface area (TPSA) is 87.7 Å². The van der Waals surface area contributed by atoms with Gasteiger partial charge in [0, 0.05) is 17.9 Å². The van der Waals surface area contributed by atoms with Crippen LogP contribution in [0.3, 0.4) is 0 Å². The Morgan fingerprint density at radius 3 is 2.06 bits per heavy atom. The smallest absolute Gasteiger partial charge is 0.319 e. The zero-order chi connectivity index (χ0) is 25.3. The van der Waals surface area contributed by atoms with Crippen LogP contribution in [0.4, 0.5) is 4.79 Å². The Bertz CT molecular complexity index is 636. The number of amides is 2. The van der Waals surface area contributed by atoms with Crippen LogP contribution in [0.2, 0.25) is 0 Å². The van der Waals surface area contributed by atoms with Crippen LogP contribution in [0.25, 0.3) is 0 Å². The lowest BCUT2D eigenvalue weighted by Gasteiger charge is -2.45. The molecule has 2 amide bonds. The van der Waals surface area contributed by atoms with E-state index in [0.717, 1.165) is 37.0 Å². The Morgan fingerprint density at radius 1 is 0.914 bits per heavy atom. The normalized spacial score (nSPS) is 24.7. The summed E-state index contributed by atoms with van der Waals surface area (Å²) in [6.45, 7) is 4.92. The van der Waals surface area contributed by atoms with Crippen LogP contribution in [0.1, 0.15) is 123 Å². The molecule has 2 rings (SSSR count). The maximum absolute atomic E-state index is 12.3. The van der Waals surface area contributed by atoms with E-state index in [1.54, 1.807) is 0 Å². The average molecular weight is 493 g/mol. The Balaban J connectivity index is 1.76. The molecule has 1 aliphatic heterocycles. The lowest BCUT2D eigenvalue weighted by atomic mass is 9.65. The Morgan fingerprint density at radius 2 is 1.49 bits per heavy atom. The van der Waals surface area contributed by atoms with Crippen LogP contribution < -0.4 is 10.6 Å². The van der Waals surface area contributed by atoms with Gasteiger partial charge in [-0.25, -0.2) is 4.79 Å². The van der Waals surface area contributed by atoms with Crippen molar-refractivity contribution in [2.24, 2.45) is 17.8 Å². The molecule has 6 nitrogen and oxygen atoms in total. The number of aliphatic hydroxyl groups is 1. The summed E-state index contributed by atoms with van der Waals surface area (Å²) in [4.78, 5) is 23.1. The van der Waals surface area contributed by atoms with Gasteiger partial charge in [-0.15, -0.1) is 0 Å². The lowest BCUT2D eigenvalue weighted by Crippen LogP contribution is -2.56. The van der Waals surface area contributed by atoms with Crippen molar-refractivity contribution in [2.75, 3.05) is 13.2 Å². The third kappa shape index (κ3) is 10.5. The maximum atomic E-state index is 12.3. The van der Waals surface area contributed by atoms with Gasteiger partial charge >= 0.3 is 6.03 Å². The Kier molecular flexibility index (Phi) is 15.1. The van der Waals surface area contributed by atoms with E-state index in [0.29, 0.717) is 12.4 Å². The quantitative estimate of drug-likeness (QED) is 0.140. The van der Waals surface area contributed by atoms with Gasteiger partial charge in [0.25, 0.3) is 6.47 Å². The van der Waals surface area contributed by atoms with Gasteiger partial charge in [0.2, 0.25) is 0 Å². The first-order valence-corrected chi connectivity index (χ1v) is 14.6. The molecule has 0 spiro atoms. The molecule has 0 aromatic rings. The predicted octanol–water partition coefficient (Wildman–Crippen LogP) is 6.62. The molecule has 1 fully saturated rings. The van der Waals surface area contributed by atoms with Crippen LogP contribution in [-0.4, -0.2) is 36.9 Å². The standard InChI is InChI=1S/C29H52N2O4/c1-3-4-5-6-7-8-9-10-11-12-13-14-15-17-24-18-16-19-25(20-32)27(24)28-26(21-35-22-33)23(2)30-29(34)31-28/h22,24-25,27-28,32H,3-21H2,1-2H3,(H2,30,31,34). The molecule has 0 saturated heterocycles. The Labute approximate surface area is 214 Å². The number of hydrogen-bond acceptors (Lipinski definition) is 4. The van der Waals surface area contributed by atoms with Crippen LogP contribution >= 0.6 is 0 Å². The fraction of sp³-hybridized carbons (Fsp3) is 0.862. The minimum atomic E-state index is -0.204. The monoisotopic (exact) mass is 492 g/mol. The molecule has 0 radical (unpaired) electrons. The first-order chi connectivity index (χ1) is 17.1. The maximum Gasteiger partial charge on any atom is 0.319 e. The van der Waals surface area contributed by atoms with Gasteiger partial charge in [0.05, 0.1) is 6.04 Å². The minimum Gasteiger partial charge on any atom is -0.463 e. The van der Waals surface area contributed by atoms with Crippen LogP contribution in [0.5, 0.6) is 0 Å². The summed E-state index contributed by atoms with van der Waals surface area (Å²) in [5, 5.41) is 16.1. The van der Waals surface area contributed by atoms with E-state index >= 15 is 0 Å². The molecule has 2 aliphatic rings. The van der Waals surface area contributed by atoms with Crippen molar-refractivity contribution in [2.45, 2.75) is 129 Å². The summed E-state index contributed by atoms with van der Waals surface area (Å²) in [7, 11) is 0. The second-order valence-corrected chi connectivity index (χ2v) is 10.9. The molecule has 4 unspecified atom stereocenters. The molecule has 1 heterocycles. The number of ether oxygens (including phenoxy) is 1. The van der Waals surface area contributed by atoms with Crippen molar-refractivity contribution in [3.8, 4) is 0 Å². The van der Waals surface area contributed by atoms with E-state index < -0.39 is 0 Å². The van der Waals surface area contributed by atoms with Crippen molar-refractivity contribution in [1.29, 1.82) is 0 Å². The molecule has 202 valence electrons. The van der Waals surface area contributed by atoms with E-state index in [9.17, 15) is 14.7 Å². The lowest BCUT2D eigenvalue weighted by molar-refractivity contribution is -0.128. The highest BCUT2D eigenvalue weighted by atomic mass is 16.5. The average Bonchev–Trinajstić information content (AvgIpc) is 2.85. The number of urea groups is 1. The third-order valence-corrected chi connectivity index (χ3v) is 8.29. The van der Waals surface area contributed by atoms with Crippen LogP contribution in [0, 0.1) is 17.8 Å². The summed E-state index contributed by atoms with van der Waals surface area (Å²) in [6, 6.07) is -0.391. The number of nitrogens with one attached hydrogen (secondary N) is 2. The van der Waals surface area contributed by atoms with Crippen molar-refractivity contribution >= 4 is 12.5 Å². The van der Waals surface area contributed by atoms with Gasteiger partial charge in [-0.1, -0.05) is 110 Å². The Hall–Kier alpha value is -1.56. The van der Waals surface area contributed by atoms with Gasteiger partial charge in [0.1, 0.15) is 6.61 Å². The highest BCUT2D eigenvalue weighted by Gasteiger charge is 2.42. The largest absolute Gasteiger partial charge is 0.463 e. The van der Waals surface area contributed by atoms with E-state index in [4.69, 9.17) is 4.74 Å². The molecule has 0 aromatic carbocycles. The molecule has 1 aliphatic carbocycles.